The number of pyridine rings is 1. The number of carbonyl (C=O) groups excluding carboxylic acids is 2. The number of nitrogens with zero attached hydrogens (tertiary/aromatic N) is 2. The molecular weight excluding hydrogens is 332 g/mol. The third-order valence-corrected chi connectivity index (χ3v) is 5.12. The van der Waals surface area contributed by atoms with Crippen LogP contribution >= 0.6 is 11.8 Å². The summed E-state index contributed by atoms with van der Waals surface area (Å²) < 4.78 is 0. The molecule has 1 aromatic carbocycles. The summed E-state index contributed by atoms with van der Waals surface area (Å²) in [6.45, 7) is 9.08. The van der Waals surface area contributed by atoms with Gasteiger partial charge < -0.3 is 0 Å². The predicted octanol–water partition coefficient (Wildman–Crippen LogP) is 4.36. The molecule has 0 saturated carbocycles. The number of thioether (sulfide) groups is 1. The van der Waals surface area contributed by atoms with Crippen molar-refractivity contribution in [3.63, 3.8) is 0 Å². The number of rotatable bonds is 5. The molecule has 5 heteroatoms. The van der Waals surface area contributed by atoms with Crippen molar-refractivity contribution in [3.8, 4) is 6.07 Å². The molecule has 0 radical (unpaired) electrons. The number of carbonyl (C=O) groups is 2. The van der Waals surface area contributed by atoms with Crippen molar-refractivity contribution in [2.75, 3.05) is 5.75 Å². The summed E-state index contributed by atoms with van der Waals surface area (Å²) in [4.78, 5) is 28.6. The van der Waals surface area contributed by atoms with E-state index in [0.29, 0.717) is 27.4 Å². The van der Waals surface area contributed by atoms with Crippen molar-refractivity contribution >= 4 is 23.3 Å². The highest BCUT2D eigenvalue weighted by molar-refractivity contribution is 8.00. The average Bonchev–Trinajstić information content (AvgIpc) is 2.55. The quantitative estimate of drug-likeness (QED) is 0.590. The van der Waals surface area contributed by atoms with Gasteiger partial charge in [0.05, 0.1) is 11.3 Å². The van der Waals surface area contributed by atoms with E-state index in [2.05, 4.69) is 17.1 Å². The third-order valence-electron chi connectivity index (χ3n) is 4.13. The Morgan fingerprint density at radius 3 is 2.40 bits per heavy atom. The Kier molecular flexibility index (Phi) is 5.76. The zero-order valence-electron chi connectivity index (χ0n) is 15.1. The lowest BCUT2D eigenvalue weighted by molar-refractivity contribution is 0.101. The highest BCUT2D eigenvalue weighted by Gasteiger charge is 2.16. The van der Waals surface area contributed by atoms with Crippen LogP contribution in [0.4, 0.5) is 0 Å². The van der Waals surface area contributed by atoms with E-state index < -0.39 is 0 Å². The molecule has 0 saturated heterocycles. The van der Waals surface area contributed by atoms with Crippen molar-refractivity contribution in [3.05, 3.63) is 57.3 Å². The maximum Gasteiger partial charge on any atom is 0.173 e. The highest BCUT2D eigenvalue weighted by atomic mass is 32.2. The smallest absolute Gasteiger partial charge is 0.173 e. The molecule has 0 unspecified atom stereocenters. The second-order valence-electron chi connectivity index (χ2n) is 6.11. The van der Waals surface area contributed by atoms with Gasteiger partial charge in [0.15, 0.2) is 11.6 Å². The molecule has 0 aliphatic carbocycles. The Bertz CT molecular complexity index is 911. The molecule has 0 spiro atoms. The summed E-state index contributed by atoms with van der Waals surface area (Å²) in [6, 6.07) is 7.57. The van der Waals surface area contributed by atoms with Gasteiger partial charge in [-0.2, -0.15) is 5.26 Å². The second kappa shape index (κ2) is 7.62. The number of hydrogen-bond donors (Lipinski definition) is 0. The minimum Gasteiger partial charge on any atom is -0.294 e. The Balaban J connectivity index is 2.27. The first-order chi connectivity index (χ1) is 11.7. The lowest BCUT2D eigenvalue weighted by Gasteiger charge is -2.10. The molecule has 4 nitrogen and oxygen atoms in total. The minimum absolute atomic E-state index is 0.00767. The van der Waals surface area contributed by atoms with Crippen LogP contribution in [0, 0.1) is 39.0 Å². The van der Waals surface area contributed by atoms with Crippen LogP contribution in [0.2, 0.25) is 0 Å². The summed E-state index contributed by atoms with van der Waals surface area (Å²) >= 11 is 1.24. The maximum atomic E-state index is 12.6. The Morgan fingerprint density at radius 2 is 1.80 bits per heavy atom. The Labute approximate surface area is 152 Å². The molecule has 2 aromatic rings. The molecular formula is C20H20N2O2S. The number of ketones is 2. The van der Waals surface area contributed by atoms with Gasteiger partial charge in [-0.25, -0.2) is 4.98 Å². The third kappa shape index (κ3) is 4.15. The van der Waals surface area contributed by atoms with Crippen LogP contribution in [0.15, 0.2) is 23.2 Å². The van der Waals surface area contributed by atoms with E-state index in [1.807, 2.05) is 26.8 Å². The molecule has 1 aromatic heterocycles. The number of Topliss-reactive ketones (excluding diaryl/α,β-unsaturated/α-hetero) is 2. The zero-order valence-corrected chi connectivity index (χ0v) is 15.9. The van der Waals surface area contributed by atoms with E-state index in [-0.39, 0.29) is 17.3 Å². The summed E-state index contributed by atoms with van der Waals surface area (Å²) in [5, 5.41) is 9.80. The van der Waals surface area contributed by atoms with Gasteiger partial charge in [0.25, 0.3) is 0 Å². The van der Waals surface area contributed by atoms with Gasteiger partial charge in [0, 0.05) is 16.8 Å². The highest BCUT2D eigenvalue weighted by Crippen LogP contribution is 2.25. The number of hydrogen-bond acceptors (Lipinski definition) is 5. The maximum absolute atomic E-state index is 12.6. The van der Waals surface area contributed by atoms with Crippen LogP contribution < -0.4 is 0 Å². The van der Waals surface area contributed by atoms with Gasteiger partial charge in [-0.05, 0) is 57.9 Å². The van der Waals surface area contributed by atoms with Gasteiger partial charge >= 0.3 is 0 Å². The number of nitriles is 1. The number of aromatic nitrogens is 1. The SMILES string of the molecule is CC(=O)c1cc(C#N)c(SCC(=O)c2cc(C)cc(C)c2C)nc1C. The van der Waals surface area contributed by atoms with Gasteiger partial charge in [-0.1, -0.05) is 23.4 Å². The molecule has 0 aliphatic rings. The normalized spacial score (nSPS) is 10.4. The van der Waals surface area contributed by atoms with E-state index in [9.17, 15) is 14.9 Å². The predicted molar refractivity (Wildman–Crippen MR) is 99.4 cm³/mol. The van der Waals surface area contributed by atoms with E-state index in [0.717, 1.165) is 16.7 Å². The largest absolute Gasteiger partial charge is 0.294 e. The van der Waals surface area contributed by atoms with Crippen molar-refractivity contribution in [2.24, 2.45) is 0 Å². The Morgan fingerprint density at radius 1 is 1.12 bits per heavy atom. The first kappa shape index (κ1) is 18.9. The van der Waals surface area contributed by atoms with Crippen LogP contribution in [-0.2, 0) is 0 Å². The summed E-state index contributed by atoms with van der Waals surface area (Å²) in [5.41, 5.74) is 5.17. The lowest BCUT2D eigenvalue weighted by atomic mass is 9.98. The molecule has 0 N–H and O–H groups in total. The molecule has 2 rings (SSSR count). The van der Waals surface area contributed by atoms with Crippen molar-refractivity contribution in [2.45, 2.75) is 39.6 Å². The summed E-state index contributed by atoms with van der Waals surface area (Å²) in [7, 11) is 0. The van der Waals surface area contributed by atoms with Gasteiger partial charge in [0.2, 0.25) is 0 Å². The van der Waals surface area contributed by atoms with Crippen LogP contribution in [0.5, 0.6) is 0 Å². The average molecular weight is 352 g/mol. The van der Waals surface area contributed by atoms with Crippen LogP contribution in [0.25, 0.3) is 0 Å². The molecule has 25 heavy (non-hydrogen) atoms. The fraction of sp³-hybridized carbons (Fsp3) is 0.300. The summed E-state index contributed by atoms with van der Waals surface area (Å²) in [5.74, 6) is 0.0813. The summed E-state index contributed by atoms with van der Waals surface area (Å²) in [6.07, 6.45) is 0. The van der Waals surface area contributed by atoms with Crippen molar-refractivity contribution < 1.29 is 9.59 Å². The molecule has 0 atom stereocenters. The molecule has 0 aliphatic heterocycles. The molecule has 1 heterocycles. The van der Waals surface area contributed by atoms with E-state index in [1.54, 1.807) is 13.0 Å². The van der Waals surface area contributed by atoms with Crippen LogP contribution in [-0.4, -0.2) is 22.3 Å². The molecule has 0 fully saturated rings. The lowest BCUT2D eigenvalue weighted by Crippen LogP contribution is -2.08. The van der Waals surface area contributed by atoms with E-state index in [1.165, 1.54) is 18.7 Å². The van der Waals surface area contributed by atoms with Crippen LogP contribution in [0.3, 0.4) is 0 Å². The molecule has 0 bridgehead atoms. The zero-order chi connectivity index (χ0) is 18.7. The fourth-order valence-electron chi connectivity index (χ4n) is 2.67. The monoisotopic (exact) mass is 352 g/mol. The van der Waals surface area contributed by atoms with Crippen molar-refractivity contribution in [1.82, 2.24) is 4.98 Å². The standard InChI is InChI=1S/C20H20N2O2S/c1-11-6-12(2)13(3)17(7-11)19(24)10-25-20-16(9-21)8-18(15(5)23)14(4)22-20/h6-8H,10H2,1-5H3. The first-order valence-electron chi connectivity index (χ1n) is 7.91. The second-order valence-corrected chi connectivity index (χ2v) is 7.07. The first-order valence-corrected chi connectivity index (χ1v) is 8.89. The van der Waals surface area contributed by atoms with Gasteiger partial charge in [-0.3, -0.25) is 9.59 Å². The van der Waals surface area contributed by atoms with Gasteiger partial charge in [-0.15, -0.1) is 0 Å². The van der Waals surface area contributed by atoms with E-state index >= 15 is 0 Å². The molecule has 0 amide bonds. The fourth-order valence-corrected chi connectivity index (χ4v) is 3.56. The Hall–Kier alpha value is -2.45. The van der Waals surface area contributed by atoms with Gasteiger partial charge in [0.1, 0.15) is 11.1 Å². The number of aryl methyl sites for hydroxylation is 3. The van der Waals surface area contributed by atoms with E-state index in [4.69, 9.17) is 0 Å². The number of benzene rings is 1. The topological polar surface area (TPSA) is 70.8 Å². The van der Waals surface area contributed by atoms with Crippen molar-refractivity contribution in [1.29, 1.82) is 5.26 Å². The van der Waals surface area contributed by atoms with Crippen LogP contribution in [0.1, 0.15) is 55.6 Å². The minimum atomic E-state index is -0.125. The molecule has 128 valence electrons.